The third-order valence-electron chi connectivity index (χ3n) is 2.83. The maximum atomic E-state index is 12.5. The van der Waals surface area contributed by atoms with Crippen LogP contribution in [0.3, 0.4) is 0 Å². The van der Waals surface area contributed by atoms with Crippen LogP contribution in [0.2, 0.25) is 0 Å². The summed E-state index contributed by atoms with van der Waals surface area (Å²) in [7, 11) is -3.58. The molecule has 3 rings (SSSR count). The van der Waals surface area contributed by atoms with Crippen molar-refractivity contribution >= 4 is 36.9 Å². The van der Waals surface area contributed by atoms with Gasteiger partial charge < -0.3 is 0 Å². The Morgan fingerprint density at radius 1 is 1.05 bits per heavy atom. The van der Waals surface area contributed by atoms with Crippen molar-refractivity contribution in [3.8, 4) is 0 Å². The lowest BCUT2D eigenvalue weighted by molar-refractivity contribution is 0.589. The molecule has 3 aromatic rings. The van der Waals surface area contributed by atoms with Crippen LogP contribution in [0.15, 0.2) is 64.4 Å². The summed E-state index contributed by atoms with van der Waals surface area (Å²) in [5.74, 6) is 0. The number of hydrogen-bond acceptors (Lipinski definition) is 3. The van der Waals surface area contributed by atoms with Gasteiger partial charge in [0.05, 0.1) is 16.6 Å². The van der Waals surface area contributed by atoms with Crippen LogP contribution in [0.4, 0.5) is 0 Å². The van der Waals surface area contributed by atoms with Crippen LogP contribution in [0.5, 0.6) is 0 Å². The van der Waals surface area contributed by atoms with Crippen LogP contribution >= 0.6 is 15.9 Å². The van der Waals surface area contributed by atoms with Gasteiger partial charge in [-0.1, -0.05) is 15.9 Å². The molecule has 0 atom stereocenters. The first-order valence-electron chi connectivity index (χ1n) is 5.51. The Kier molecular flexibility index (Phi) is 2.91. The van der Waals surface area contributed by atoms with Crippen LogP contribution in [0.25, 0.3) is 10.9 Å². The molecule has 1 aromatic carbocycles. The molecule has 0 saturated carbocycles. The summed E-state index contributed by atoms with van der Waals surface area (Å²) in [6.07, 6.45) is 4.73. The Hall–Kier alpha value is -1.66. The Bertz CT molecular complexity index is 838. The molecule has 0 aliphatic rings. The van der Waals surface area contributed by atoms with Crippen molar-refractivity contribution in [3.05, 3.63) is 59.5 Å². The lowest BCUT2D eigenvalue weighted by Gasteiger charge is -2.07. The summed E-state index contributed by atoms with van der Waals surface area (Å²) < 4.78 is 27.2. The molecule has 0 aliphatic carbocycles. The molecule has 96 valence electrons. The standard InChI is InChI=1S/C13H9BrN2O2S/c14-11-1-3-12(4-2-11)19(17,18)16-8-6-10-5-7-15-9-13(10)16/h1-9H. The van der Waals surface area contributed by atoms with Crippen molar-refractivity contribution < 1.29 is 8.42 Å². The Morgan fingerprint density at radius 3 is 2.53 bits per heavy atom. The molecule has 0 bridgehead atoms. The minimum atomic E-state index is -3.58. The van der Waals surface area contributed by atoms with Gasteiger partial charge in [0.2, 0.25) is 0 Å². The molecule has 0 unspecified atom stereocenters. The lowest BCUT2D eigenvalue weighted by Crippen LogP contribution is -2.11. The molecule has 0 saturated heterocycles. The van der Waals surface area contributed by atoms with E-state index in [-0.39, 0.29) is 4.90 Å². The Morgan fingerprint density at radius 2 is 1.79 bits per heavy atom. The fourth-order valence-corrected chi connectivity index (χ4v) is 3.48. The van der Waals surface area contributed by atoms with Gasteiger partial charge in [-0.2, -0.15) is 0 Å². The molecular weight excluding hydrogens is 328 g/mol. The van der Waals surface area contributed by atoms with Crippen molar-refractivity contribution in [2.24, 2.45) is 0 Å². The predicted octanol–water partition coefficient (Wildman–Crippen LogP) is 3.04. The summed E-state index contributed by atoms with van der Waals surface area (Å²) >= 11 is 3.29. The average Bonchev–Trinajstić information content (AvgIpc) is 2.83. The maximum Gasteiger partial charge on any atom is 0.268 e. The molecule has 6 heteroatoms. The first-order chi connectivity index (χ1) is 9.09. The summed E-state index contributed by atoms with van der Waals surface area (Å²) in [4.78, 5) is 4.22. The van der Waals surface area contributed by atoms with Gasteiger partial charge in [0.15, 0.2) is 0 Å². The van der Waals surface area contributed by atoms with E-state index in [9.17, 15) is 8.42 Å². The summed E-state index contributed by atoms with van der Waals surface area (Å²) in [6, 6.07) is 10.1. The second-order valence-corrected chi connectivity index (χ2v) is 6.74. The monoisotopic (exact) mass is 336 g/mol. The average molecular weight is 337 g/mol. The number of benzene rings is 1. The molecule has 0 N–H and O–H groups in total. The summed E-state index contributed by atoms with van der Waals surface area (Å²) in [5.41, 5.74) is 0.574. The number of aromatic nitrogens is 2. The fourth-order valence-electron chi connectivity index (χ4n) is 1.88. The minimum absolute atomic E-state index is 0.247. The number of halogens is 1. The number of fused-ring (bicyclic) bond motifs is 1. The van der Waals surface area contributed by atoms with E-state index in [2.05, 4.69) is 20.9 Å². The third kappa shape index (κ3) is 2.06. The smallest absolute Gasteiger partial charge is 0.262 e. The molecule has 0 spiro atoms. The molecule has 2 aromatic heterocycles. The quantitative estimate of drug-likeness (QED) is 0.722. The van der Waals surface area contributed by atoms with Crippen LogP contribution in [0.1, 0.15) is 0 Å². The van der Waals surface area contributed by atoms with Crippen molar-refractivity contribution in [2.45, 2.75) is 4.90 Å². The first kappa shape index (κ1) is 12.4. The summed E-state index contributed by atoms with van der Waals surface area (Å²) in [5, 5.41) is 0.843. The molecule has 2 heterocycles. The van der Waals surface area contributed by atoms with E-state index in [0.717, 1.165) is 9.86 Å². The van der Waals surface area contributed by atoms with Gasteiger partial charge in [0.25, 0.3) is 10.0 Å². The predicted molar refractivity (Wildman–Crippen MR) is 76.5 cm³/mol. The van der Waals surface area contributed by atoms with E-state index < -0.39 is 10.0 Å². The van der Waals surface area contributed by atoms with Gasteiger partial charge in [-0.05, 0) is 36.4 Å². The zero-order chi connectivity index (χ0) is 13.5. The number of hydrogen-bond donors (Lipinski definition) is 0. The highest BCUT2D eigenvalue weighted by atomic mass is 79.9. The number of nitrogens with zero attached hydrogens (tertiary/aromatic N) is 2. The zero-order valence-corrected chi connectivity index (χ0v) is 12.1. The molecule has 0 radical (unpaired) electrons. The van der Waals surface area contributed by atoms with Crippen molar-refractivity contribution in [1.29, 1.82) is 0 Å². The van der Waals surface area contributed by atoms with Crippen LogP contribution < -0.4 is 0 Å². The summed E-state index contributed by atoms with van der Waals surface area (Å²) in [6.45, 7) is 0. The largest absolute Gasteiger partial charge is 0.268 e. The van der Waals surface area contributed by atoms with E-state index in [4.69, 9.17) is 0 Å². The number of pyridine rings is 1. The normalized spacial score (nSPS) is 11.8. The van der Waals surface area contributed by atoms with E-state index in [1.165, 1.54) is 3.97 Å². The van der Waals surface area contributed by atoms with Crippen LogP contribution in [-0.2, 0) is 10.0 Å². The van der Waals surface area contributed by atoms with Crippen molar-refractivity contribution in [1.82, 2.24) is 8.96 Å². The molecule has 4 nitrogen and oxygen atoms in total. The molecule has 0 fully saturated rings. The topological polar surface area (TPSA) is 52.0 Å². The Balaban J connectivity index is 2.22. The second kappa shape index (κ2) is 4.47. The minimum Gasteiger partial charge on any atom is -0.262 e. The van der Waals surface area contributed by atoms with E-state index >= 15 is 0 Å². The van der Waals surface area contributed by atoms with Crippen molar-refractivity contribution in [2.75, 3.05) is 0 Å². The van der Waals surface area contributed by atoms with Crippen LogP contribution in [0, 0.1) is 0 Å². The van der Waals surface area contributed by atoms with Gasteiger partial charge in [0.1, 0.15) is 0 Å². The Labute approximate surface area is 118 Å². The van der Waals surface area contributed by atoms with Gasteiger partial charge >= 0.3 is 0 Å². The first-order valence-corrected chi connectivity index (χ1v) is 7.74. The van der Waals surface area contributed by atoms with Gasteiger partial charge in [-0.25, -0.2) is 12.4 Å². The van der Waals surface area contributed by atoms with Crippen molar-refractivity contribution in [3.63, 3.8) is 0 Å². The SMILES string of the molecule is O=S(=O)(c1ccc(Br)cc1)n1ccc2ccncc21. The number of rotatable bonds is 2. The highest BCUT2D eigenvalue weighted by Gasteiger charge is 2.18. The van der Waals surface area contributed by atoms with E-state index in [1.807, 2.05) is 0 Å². The molecular formula is C13H9BrN2O2S. The highest BCUT2D eigenvalue weighted by molar-refractivity contribution is 9.10. The second-order valence-electron chi connectivity index (χ2n) is 4.01. The maximum absolute atomic E-state index is 12.5. The lowest BCUT2D eigenvalue weighted by atomic mass is 10.3. The zero-order valence-electron chi connectivity index (χ0n) is 9.69. The van der Waals surface area contributed by atoms with E-state index in [1.54, 1.807) is 55.0 Å². The fraction of sp³-hybridized carbons (Fsp3) is 0. The molecule has 19 heavy (non-hydrogen) atoms. The van der Waals surface area contributed by atoms with Gasteiger partial charge in [0, 0.05) is 22.3 Å². The third-order valence-corrected chi connectivity index (χ3v) is 5.06. The van der Waals surface area contributed by atoms with Gasteiger partial charge in [-0.15, -0.1) is 0 Å². The van der Waals surface area contributed by atoms with Crippen LogP contribution in [-0.4, -0.2) is 17.4 Å². The molecule has 0 aliphatic heterocycles. The highest BCUT2D eigenvalue weighted by Crippen LogP contribution is 2.22. The molecule has 0 amide bonds. The van der Waals surface area contributed by atoms with Gasteiger partial charge in [-0.3, -0.25) is 4.98 Å². The van der Waals surface area contributed by atoms with E-state index in [0.29, 0.717) is 5.52 Å².